The molecule has 0 aliphatic heterocycles. The maximum atomic E-state index is 8.44. The summed E-state index contributed by atoms with van der Waals surface area (Å²) in [5, 5.41) is 12.6. The van der Waals surface area contributed by atoms with Gasteiger partial charge in [0.15, 0.2) is 5.11 Å². The van der Waals surface area contributed by atoms with Crippen LogP contribution in [0, 0.1) is 11.3 Å². The normalized spacial score (nSPS) is 16.3. The van der Waals surface area contributed by atoms with E-state index >= 15 is 0 Å². The van der Waals surface area contributed by atoms with Crippen molar-refractivity contribution in [3.63, 3.8) is 0 Å². The van der Waals surface area contributed by atoms with E-state index in [0.717, 1.165) is 11.7 Å². The minimum Gasteiger partial charge on any atom is -0.360 e. The Kier molecular flexibility index (Phi) is 4.68. The molecule has 0 unspecified atom stereocenters. The fourth-order valence-corrected chi connectivity index (χ4v) is 1.93. The van der Waals surface area contributed by atoms with Crippen LogP contribution in [0.2, 0.25) is 0 Å². The van der Waals surface area contributed by atoms with Crippen LogP contribution in [-0.4, -0.2) is 29.6 Å². The van der Waals surface area contributed by atoms with Crippen molar-refractivity contribution in [3.05, 3.63) is 0 Å². The third kappa shape index (κ3) is 3.51. The summed E-state index contributed by atoms with van der Waals surface area (Å²) in [5.41, 5.74) is 0. The van der Waals surface area contributed by atoms with Crippen LogP contribution >= 0.6 is 12.2 Å². The van der Waals surface area contributed by atoms with E-state index < -0.39 is 0 Å². The predicted molar refractivity (Wildman–Crippen MR) is 60.8 cm³/mol. The molecule has 0 radical (unpaired) electrons. The molecule has 1 aliphatic carbocycles. The van der Waals surface area contributed by atoms with Gasteiger partial charge in [-0.25, -0.2) is 0 Å². The number of thiocarbonyl (C=S) groups is 1. The van der Waals surface area contributed by atoms with Gasteiger partial charge in [-0.15, -0.1) is 0 Å². The second kappa shape index (κ2) is 5.82. The highest BCUT2D eigenvalue weighted by Crippen LogP contribution is 2.17. The third-order valence-corrected chi connectivity index (χ3v) is 3.02. The highest BCUT2D eigenvalue weighted by molar-refractivity contribution is 7.80. The summed E-state index contributed by atoms with van der Waals surface area (Å²) >= 11 is 5.23. The van der Waals surface area contributed by atoms with Gasteiger partial charge in [0.25, 0.3) is 0 Å². The molecular weight excluding hydrogens is 194 g/mol. The van der Waals surface area contributed by atoms with Crippen molar-refractivity contribution in [2.45, 2.75) is 38.1 Å². The Bertz CT molecular complexity index is 228. The van der Waals surface area contributed by atoms with Crippen LogP contribution in [0.15, 0.2) is 0 Å². The van der Waals surface area contributed by atoms with E-state index in [-0.39, 0.29) is 0 Å². The first-order chi connectivity index (χ1) is 6.74. The van der Waals surface area contributed by atoms with Crippen molar-refractivity contribution in [2.24, 2.45) is 0 Å². The van der Waals surface area contributed by atoms with Gasteiger partial charge < -0.3 is 10.2 Å². The van der Waals surface area contributed by atoms with Crippen LogP contribution < -0.4 is 5.32 Å². The van der Waals surface area contributed by atoms with E-state index in [2.05, 4.69) is 11.4 Å². The molecule has 0 amide bonds. The molecule has 78 valence electrons. The Balaban J connectivity index is 2.22. The molecule has 0 heterocycles. The number of nitrogens with zero attached hydrogens (tertiary/aromatic N) is 2. The number of hydrogen-bond donors (Lipinski definition) is 1. The van der Waals surface area contributed by atoms with Crippen LogP contribution in [0.25, 0.3) is 0 Å². The topological polar surface area (TPSA) is 39.1 Å². The van der Waals surface area contributed by atoms with Crippen molar-refractivity contribution < 1.29 is 0 Å². The molecule has 0 aromatic carbocycles. The molecule has 1 fully saturated rings. The maximum Gasteiger partial charge on any atom is 0.168 e. The Hall–Kier alpha value is -0.820. The predicted octanol–water partition coefficient (Wildman–Crippen LogP) is 1.65. The van der Waals surface area contributed by atoms with Gasteiger partial charge >= 0.3 is 0 Å². The van der Waals surface area contributed by atoms with E-state index in [1.165, 1.54) is 25.7 Å². The lowest BCUT2D eigenvalue weighted by atomic mass is 10.2. The van der Waals surface area contributed by atoms with Crippen molar-refractivity contribution in [3.8, 4) is 6.07 Å². The van der Waals surface area contributed by atoms with Gasteiger partial charge in [-0.2, -0.15) is 5.26 Å². The first kappa shape index (κ1) is 11.3. The zero-order valence-corrected chi connectivity index (χ0v) is 9.44. The van der Waals surface area contributed by atoms with E-state index in [1.807, 2.05) is 11.9 Å². The van der Waals surface area contributed by atoms with Gasteiger partial charge in [0.2, 0.25) is 0 Å². The van der Waals surface area contributed by atoms with Crippen LogP contribution in [0.4, 0.5) is 0 Å². The molecule has 14 heavy (non-hydrogen) atoms. The fraction of sp³-hybridized carbons (Fsp3) is 0.800. The summed E-state index contributed by atoms with van der Waals surface area (Å²) in [7, 11) is 1.93. The van der Waals surface area contributed by atoms with Crippen LogP contribution in [0.5, 0.6) is 0 Å². The molecule has 4 heteroatoms. The molecule has 1 saturated carbocycles. The van der Waals surface area contributed by atoms with E-state index in [4.69, 9.17) is 17.5 Å². The summed E-state index contributed by atoms with van der Waals surface area (Å²) < 4.78 is 0. The van der Waals surface area contributed by atoms with Crippen LogP contribution in [0.1, 0.15) is 32.1 Å². The lowest BCUT2D eigenvalue weighted by Crippen LogP contribution is -2.42. The number of rotatable bonds is 3. The zero-order valence-electron chi connectivity index (χ0n) is 8.62. The zero-order chi connectivity index (χ0) is 10.4. The number of nitrogens with one attached hydrogen (secondary N) is 1. The minimum atomic E-state index is 0.531. The third-order valence-electron chi connectivity index (χ3n) is 2.59. The molecule has 0 bridgehead atoms. The van der Waals surface area contributed by atoms with Crippen molar-refractivity contribution >= 4 is 17.3 Å². The SMILES string of the molecule is CN(CCC#N)C(=S)NC1CCCC1. The quantitative estimate of drug-likeness (QED) is 0.720. The van der Waals surface area contributed by atoms with E-state index in [9.17, 15) is 0 Å². The number of hydrogen-bond acceptors (Lipinski definition) is 2. The van der Waals surface area contributed by atoms with Gasteiger partial charge in [-0.1, -0.05) is 12.8 Å². The summed E-state index contributed by atoms with van der Waals surface area (Å²) in [5.74, 6) is 0. The Morgan fingerprint density at radius 1 is 1.57 bits per heavy atom. The summed E-state index contributed by atoms with van der Waals surface area (Å²) in [6.45, 7) is 0.717. The molecule has 1 N–H and O–H groups in total. The van der Waals surface area contributed by atoms with Crippen molar-refractivity contribution in [1.29, 1.82) is 5.26 Å². The van der Waals surface area contributed by atoms with Gasteiger partial charge in [0, 0.05) is 19.6 Å². The summed E-state index contributed by atoms with van der Waals surface area (Å²) in [6, 6.07) is 2.68. The summed E-state index contributed by atoms with van der Waals surface area (Å²) in [4.78, 5) is 1.94. The van der Waals surface area contributed by atoms with Gasteiger partial charge in [0.1, 0.15) is 0 Å². The van der Waals surface area contributed by atoms with Gasteiger partial charge in [0.05, 0.1) is 12.5 Å². The van der Waals surface area contributed by atoms with Gasteiger partial charge in [-0.05, 0) is 25.1 Å². The average molecular weight is 211 g/mol. The number of nitriles is 1. The smallest absolute Gasteiger partial charge is 0.168 e. The monoisotopic (exact) mass is 211 g/mol. The molecule has 1 aliphatic rings. The molecule has 0 atom stereocenters. The average Bonchev–Trinajstić information content (AvgIpc) is 2.66. The first-order valence-corrected chi connectivity index (χ1v) is 5.53. The molecule has 0 spiro atoms. The van der Waals surface area contributed by atoms with E-state index in [1.54, 1.807) is 0 Å². The first-order valence-electron chi connectivity index (χ1n) is 5.12. The van der Waals surface area contributed by atoms with Crippen molar-refractivity contribution in [1.82, 2.24) is 10.2 Å². The van der Waals surface area contributed by atoms with Crippen LogP contribution in [0.3, 0.4) is 0 Å². The standard InChI is InChI=1S/C10H17N3S/c1-13(8-4-7-11)10(14)12-9-5-2-3-6-9/h9H,2-6,8H2,1H3,(H,12,14). The second-order valence-corrected chi connectivity index (χ2v) is 4.15. The molecular formula is C10H17N3S. The molecule has 0 aromatic rings. The molecule has 1 rings (SSSR count). The van der Waals surface area contributed by atoms with Crippen molar-refractivity contribution in [2.75, 3.05) is 13.6 Å². The maximum absolute atomic E-state index is 8.44. The Morgan fingerprint density at radius 2 is 2.21 bits per heavy atom. The minimum absolute atomic E-state index is 0.531. The Labute approximate surface area is 91.1 Å². The molecule has 0 saturated heterocycles. The Morgan fingerprint density at radius 3 is 2.79 bits per heavy atom. The summed E-state index contributed by atoms with van der Waals surface area (Å²) in [6.07, 6.45) is 5.60. The van der Waals surface area contributed by atoms with E-state index in [0.29, 0.717) is 12.5 Å². The second-order valence-electron chi connectivity index (χ2n) is 3.76. The lowest BCUT2D eigenvalue weighted by molar-refractivity contribution is 0.484. The highest BCUT2D eigenvalue weighted by atomic mass is 32.1. The van der Waals surface area contributed by atoms with Gasteiger partial charge in [-0.3, -0.25) is 0 Å². The molecule has 0 aromatic heterocycles. The molecule has 3 nitrogen and oxygen atoms in total. The fourth-order valence-electron chi connectivity index (χ4n) is 1.67. The van der Waals surface area contributed by atoms with Crippen LogP contribution in [-0.2, 0) is 0 Å². The highest BCUT2D eigenvalue weighted by Gasteiger charge is 2.16. The largest absolute Gasteiger partial charge is 0.360 e. The lowest BCUT2D eigenvalue weighted by Gasteiger charge is -2.22.